The van der Waals surface area contributed by atoms with Crippen LogP contribution < -0.4 is 11.1 Å². The predicted octanol–water partition coefficient (Wildman–Crippen LogP) is 4.48. The fourth-order valence-electron chi connectivity index (χ4n) is 2.01. The molecule has 0 saturated carbocycles. The largest absolute Gasteiger partial charge is 0.397 e. The normalized spacial score (nSPS) is 10.8. The van der Waals surface area contributed by atoms with Gasteiger partial charge in [-0.15, -0.1) is 11.3 Å². The quantitative estimate of drug-likeness (QED) is 0.610. The number of nitrogen functional groups attached to an aromatic ring is 1. The van der Waals surface area contributed by atoms with E-state index in [9.17, 15) is 9.18 Å². The molecule has 0 aliphatic rings. The molecule has 3 N–H and O–H groups in total. The lowest BCUT2D eigenvalue weighted by atomic mass is 10.2. The number of anilines is 2. The van der Waals surface area contributed by atoms with Crippen LogP contribution >= 0.6 is 33.9 Å². The highest BCUT2D eigenvalue weighted by Crippen LogP contribution is 2.34. The summed E-state index contributed by atoms with van der Waals surface area (Å²) in [7, 11) is 0. The number of fused-ring (bicyclic) bond motifs is 1. The molecule has 6 heteroatoms. The molecule has 106 valence electrons. The number of hydrogen-bond acceptors (Lipinski definition) is 3. The van der Waals surface area contributed by atoms with Crippen molar-refractivity contribution in [1.29, 1.82) is 0 Å². The minimum atomic E-state index is -0.364. The minimum absolute atomic E-state index is 0.281. The maximum atomic E-state index is 13.3. The second-order valence-corrected chi connectivity index (χ2v) is 6.75. The smallest absolute Gasteiger partial charge is 0.267 e. The average Bonchev–Trinajstić information content (AvgIpc) is 2.76. The van der Waals surface area contributed by atoms with Crippen molar-refractivity contribution in [1.82, 2.24) is 0 Å². The van der Waals surface area contributed by atoms with E-state index in [2.05, 4.69) is 27.9 Å². The zero-order valence-corrected chi connectivity index (χ0v) is 13.7. The van der Waals surface area contributed by atoms with Gasteiger partial charge in [0, 0.05) is 19.3 Å². The summed E-state index contributed by atoms with van der Waals surface area (Å²) < 4.78 is 15.1. The minimum Gasteiger partial charge on any atom is -0.397 e. The third-order valence-electron chi connectivity index (χ3n) is 2.98. The summed E-state index contributed by atoms with van der Waals surface area (Å²) in [5, 5.41) is 3.39. The molecular weight excluding hydrogens is 402 g/mol. The number of thiophene rings is 1. The fourth-order valence-corrected chi connectivity index (χ4v) is 3.55. The highest BCUT2D eigenvalue weighted by atomic mass is 127. The van der Waals surface area contributed by atoms with Gasteiger partial charge in [0.15, 0.2) is 0 Å². The Morgan fingerprint density at radius 3 is 2.81 bits per heavy atom. The molecule has 2 aromatic carbocycles. The van der Waals surface area contributed by atoms with Crippen LogP contribution in [0.15, 0.2) is 42.5 Å². The second kappa shape index (κ2) is 5.61. The fraction of sp³-hybridized carbons (Fsp3) is 0. The van der Waals surface area contributed by atoms with Crippen LogP contribution in [0.25, 0.3) is 10.1 Å². The van der Waals surface area contributed by atoms with Crippen molar-refractivity contribution in [2.75, 3.05) is 11.1 Å². The molecule has 0 saturated heterocycles. The van der Waals surface area contributed by atoms with Crippen LogP contribution in [0.5, 0.6) is 0 Å². The molecule has 1 amide bonds. The number of rotatable bonds is 2. The maximum absolute atomic E-state index is 13.3. The summed E-state index contributed by atoms with van der Waals surface area (Å²) in [5.74, 6) is -0.646. The van der Waals surface area contributed by atoms with E-state index in [0.29, 0.717) is 21.6 Å². The highest BCUT2D eigenvalue weighted by Gasteiger charge is 2.17. The lowest BCUT2D eigenvalue weighted by Crippen LogP contribution is -2.11. The summed E-state index contributed by atoms with van der Waals surface area (Å²) in [5.41, 5.74) is 6.99. The molecule has 21 heavy (non-hydrogen) atoms. The van der Waals surface area contributed by atoms with Gasteiger partial charge in [-0.25, -0.2) is 4.39 Å². The number of carbonyl (C=O) groups excluding carboxylic acids is 1. The molecule has 0 unspecified atom stereocenters. The van der Waals surface area contributed by atoms with Crippen molar-refractivity contribution in [2.45, 2.75) is 0 Å². The molecule has 0 spiro atoms. The average molecular weight is 412 g/mol. The summed E-state index contributed by atoms with van der Waals surface area (Å²) in [4.78, 5) is 12.7. The van der Waals surface area contributed by atoms with Gasteiger partial charge in [0.05, 0.1) is 5.69 Å². The van der Waals surface area contributed by atoms with Crippen molar-refractivity contribution < 1.29 is 9.18 Å². The Morgan fingerprint density at radius 1 is 1.24 bits per heavy atom. The van der Waals surface area contributed by atoms with Gasteiger partial charge in [-0.05, 0) is 59.0 Å². The van der Waals surface area contributed by atoms with Gasteiger partial charge >= 0.3 is 0 Å². The zero-order chi connectivity index (χ0) is 15.0. The Labute approximate surface area is 138 Å². The van der Waals surface area contributed by atoms with Crippen LogP contribution in [0.4, 0.5) is 15.8 Å². The van der Waals surface area contributed by atoms with E-state index in [1.807, 2.05) is 24.3 Å². The van der Waals surface area contributed by atoms with E-state index >= 15 is 0 Å². The molecule has 3 aromatic rings. The first-order valence-electron chi connectivity index (χ1n) is 6.09. The van der Waals surface area contributed by atoms with Gasteiger partial charge in [-0.2, -0.15) is 0 Å². The Balaban J connectivity index is 1.96. The van der Waals surface area contributed by atoms with Crippen LogP contribution in [0.3, 0.4) is 0 Å². The Kier molecular flexibility index (Phi) is 3.81. The van der Waals surface area contributed by atoms with Crippen molar-refractivity contribution in [2.24, 2.45) is 0 Å². The Hall–Kier alpha value is -1.67. The monoisotopic (exact) mass is 412 g/mol. The van der Waals surface area contributed by atoms with Gasteiger partial charge in [-0.3, -0.25) is 4.79 Å². The molecule has 0 bridgehead atoms. The molecule has 0 fully saturated rings. The van der Waals surface area contributed by atoms with Gasteiger partial charge < -0.3 is 11.1 Å². The lowest BCUT2D eigenvalue weighted by Gasteiger charge is -2.04. The molecule has 0 radical (unpaired) electrons. The number of hydrogen-bond donors (Lipinski definition) is 2. The van der Waals surface area contributed by atoms with Gasteiger partial charge in [0.1, 0.15) is 10.7 Å². The van der Waals surface area contributed by atoms with E-state index in [4.69, 9.17) is 5.73 Å². The summed E-state index contributed by atoms with van der Waals surface area (Å²) in [6, 6.07) is 11.8. The molecular formula is C15H10FIN2OS. The molecule has 3 rings (SSSR count). The van der Waals surface area contributed by atoms with E-state index in [1.165, 1.54) is 23.5 Å². The molecule has 0 aliphatic carbocycles. The third-order valence-corrected chi connectivity index (χ3v) is 4.83. The highest BCUT2D eigenvalue weighted by molar-refractivity contribution is 14.1. The van der Waals surface area contributed by atoms with Crippen LogP contribution in [-0.2, 0) is 0 Å². The van der Waals surface area contributed by atoms with Crippen molar-refractivity contribution in [3.8, 4) is 0 Å². The number of carbonyl (C=O) groups is 1. The first-order chi connectivity index (χ1) is 10.0. The summed E-state index contributed by atoms with van der Waals surface area (Å²) >= 11 is 3.43. The van der Waals surface area contributed by atoms with Crippen molar-refractivity contribution >= 4 is 61.3 Å². The van der Waals surface area contributed by atoms with E-state index < -0.39 is 0 Å². The lowest BCUT2D eigenvalue weighted by molar-refractivity contribution is 0.103. The van der Waals surface area contributed by atoms with E-state index in [-0.39, 0.29) is 11.7 Å². The van der Waals surface area contributed by atoms with Crippen LogP contribution in [-0.4, -0.2) is 5.91 Å². The number of nitrogens with two attached hydrogens (primary N) is 1. The number of halogens is 2. The topological polar surface area (TPSA) is 55.1 Å². The first-order valence-corrected chi connectivity index (χ1v) is 7.98. The maximum Gasteiger partial charge on any atom is 0.267 e. The summed E-state index contributed by atoms with van der Waals surface area (Å²) in [6.07, 6.45) is 0. The molecule has 1 heterocycles. The van der Waals surface area contributed by atoms with E-state index in [1.54, 1.807) is 6.07 Å². The molecule has 3 nitrogen and oxygen atoms in total. The first kappa shape index (κ1) is 14.3. The second-order valence-electron chi connectivity index (χ2n) is 4.45. The van der Waals surface area contributed by atoms with Gasteiger partial charge in [-0.1, -0.05) is 6.07 Å². The summed E-state index contributed by atoms with van der Waals surface area (Å²) in [6.45, 7) is 0. The molecule has 1 aromatic heterocycles. The van der Waals surface area contributed by atoms with E-state index in [0.717, 1.165) is 8.27 Å². The predicted molar refractivity (Wildman–Crippen MR) is 93.3 cm³/mol. The number of nitrogens with one attached hydrogen (secondary N) is 1. The Bertz CT molecular complexity index is 847. The molecule has 0 aliphatic heterocycles. The standard InChI is InChI=1S/C15H10FIN2OS/c16-8-4-5-12-11(6-8)13(18)14(21-12)15(20)19-10-3-1-2-9(17)7-10/h1-7H,18H2,(H,19,20). The number of benzene rings is 2. The van der Waals surface area contributed by atoms with Crippen LogP contribution in [0, 0.1) is 9.39 Å². The SMILES string of the molecule is Nc1c(C(=O)Nc2cccc(I)c2)sc2ccc(F)cc12. The Morgan fingerprint density at radius 2 is 2.05 bits per heavy atom. The van der Waals surface area contributed by atoms with Gasteiger partial charge in [0.2, 0.25) is 0 Å². The van der Waals surface area contributed by atoms with Crippen LogP contribution in [0.1, 0.15) is 9.67 Å². The number of amides is 1. The van der Waals surface area contributed by atoms with Crippen molar-refractivity contribution in [3.63, 3.8) is 0 Å². The van der Waals surface area contributed by atoms with Crippen molar-refractivity contribution in [3.05, 3.63) is 56.7 Å². The van der Waals surface area contributed by atoms with Crippen LogP contribution in [0.2, 0.25) is 0 Å². The molecule has 0 atom stereocenters. The third kappa shape index (κ3) is 2.86. The van der Waals surface area contributed by atoms with Gasteiger partial charge in [0.25, 0.3) is 5.91 Å². The zero-order valence-electron chi connectivity index (χ0n) is 10.7.